The molecule has 0 amide bonds. The van der Waals surface area contributed by atoms with Crippen LogP contribution >= 0.6 is 0 Å². The number of nitrogens with zero attached hydrogens (tertiary/aromatic N) is 2. The summed E-state index contributed by atoms with van der Waals surface area (Å²) in [5.74, 6) is 1.31. The largest absolute Gasteiger partial charge is 0.293 e. The summed E-state index contributed by atoms with van der Waals surface area (Å²) < 4.78 is 2.32. The van der Waals surface area contributed by atoms with Crippen LogP contribution in [-0.2, 0) is 0 Å². The number of para-hydroxylation sites is 3. The SMILES string of the molecule is CC1CC(c2nc3ccccc3n2-c2ccccc2)=CC=C1c1ccc2c(-c3ccc4ccccc4c3)c3ccccc3c(-c3ccc4ccccc4c3)c2c1. The summed E-state index contributed by atoms with van der Waals surface area (Å²) in [7, 11) is 0. The van der Waals surface area contributed by atoms with E-state index in [-0.39, 0.29) is 0 Å². The van der Waals surface area contributed by atoms with Gasteiger partial charge in [-0.05, 0) is 137 Å². The monoisotopic (exact) mass is 714 g/mol. The number of allylic oxidation sites excluding steroid dienone is 4. The van der Waals surface area contributed by atoms with Crippen molar-refractivity contribution in [2.75, 3.05) is 0 Å². The predicted octanol–water partition coefficient (Wildman–Crippen LogP) is 14.5. The van der Waals surface area contributed by atoms with Crippen molar-refractivity contribution in [3.8, 4) is 27.9 Å². The first kappa shape index (κ1) is 32.4. The molecule has 1 unspecified atom stereocenters. The van der Waals surface area contributed by atoms with Crippen molar-refractivity contribution in [2.24, 2.45) is 5.92 Å². The molecule has 1 heterocycles. The second kappa shape index (κ2) is 13.1. The lowest BCUT2D eigenvalue weighted by atomic mass is 9.81. The molecule has 0 fully saturated rings. The van der Waals surface area contributed by atoms with Gasteiger partial charge in [-0.2, -0.15) is 0 Å². The van der Waals surface area contributed by atoms with Crippen molar-refractivity contribution in [1.82, 2.24) is 9.55 Å². The van der Waals surface area contributed by atoms with Gasteiger partial charge >= 0.3 is 0 Å². The molecule has 10 aromatic rings. The van der Waals surface area contributed by atoms with Crippen molar-refractivity contribution >= 4 is 65.3 Å². The average Bonchev–Trinajstić information content (AvgIpc) is 3.65. The minimum atomic E-state index is 0.293. The molecule has 1 aliphatic carbocycles. The Morgan fingerprint density at radius 3 is 1.70 bits per heavy atom. The van der Waals surface area contributed by atoms with E-state index in [0.717, 1.165) is 29.0 Å². The third-order valence-electron chi connectivity index (χ3n) is 11.8. The van der Waals surface area contributed by atoms with E-state index in [1.165, 1.54) is 82.1 Å². The lowest BCUT2D eigenvalue weighted by molar-refractivity contribution is 0.763. The molecule has 0 saturated heterocycles. The van der Waals surface area contributed by atoms with Crippen LogP contribution in [0.25, 0.3) is 93.2 Å². The summed E-state index contributed by atoms with van der Waals surface area (Å²) >= 11 is 0. The van der Waals surface area contributed by atoms with Gasteiger partial charge in [0.25, 0.3) is 0 Å². The quantitative estimate of drug-likeness (QED) is 0.162. The van der Waals surface area contributed by atoms with Gasteiger partial charge in [0.15, 0.2) is 0 Å². The number of fused-ring (bicyclic) bond motifs is 5. The van der Waals surface area contributed by atoms with Crippen LogP contribution in [0.2, 0.25) is 0 Å². The number of hydrogen-bond acceptors (Lipinski definition) is 1. The van der Waals surface area contributed by atoms with Crippen LogP contribution in [0.1, 0.15) is 24.7 Å². The first-order valence-electron chi connectivity index (χ1n) is 19.6. The second-order valence-corrected chi connectivity index (χ2v) is 15.2. The smallest absolute Gasteiger partial charge is 0.141 e. The van der Waals surface area contributed by atoms with Gasteiger partial charge in [0.1, 0.15) is 5.82 Å². The molecule has 56 heavy (non-hydrogen) atoms. The zero-order valence-corrected chi connectivity index (χ0v) is 31.2. The summed E-state index contributed by atoms with van der Waals surface area (Å²) in [5.41, 5.74) is 12.2. The van der Waals surface area contributed by atoms with E-state index in [2.05, 4.69) is 206 Å². The number of aromatic nitrogens is 2. The second-order valence-electron chi connectivity index (χ2n) is 15.2. The first-order valence-corrected chi connectivity index (χ1v) is 19.6. The van der Waals surface area contributed by atoms with E-state index in [4.69, 9.17) is 4.98 Å². The third-order valence-corrected chi connectivity index (χ3v) is 11.8. The van der Waals surface area contributed by atoms with Gasteiger partial charge in [-0.25, -0.2) is 4.98 Å². The van der Waals surface area contributed by atoms with Gasteiger partial charge in [-0.1, -0.05) is 159 Å². The topological polar surface area (TPSA) is 17.8 Å². The van der Waals surface area contributed by atoms with E-state index in [9.17, 15) is 0 Å². The molecule has 0 aliphatic heterocycles. The molecule has 2 nitrogen and oxygen atoms in total. The van der Waals surface area contributed by atoms with Crippen LogP contribution in [0.15, 0.2) is 194 Å². The van der Waals surface area contributed by atoms with E-state index in [1.807, 2.05) is 0 Å². The number of benzene rings is 9. The van der Waals surface area contributed by atoms with Crippen molar-refractivity contribution in [3.63, 3.8) is 0 Å². The molecule has 11 rings (SSSR count). The molecule has 264 valence electrons. The Hall–Kier alpha value is -7.03. The Bertz CT molecular complexity index is 3230. The van der Waals surface area contributed by atoms with Gasteiger partial charge < -0.3 is 0 Å². The van der Waals surface area contributed by atoms with E-state index in [1.54, 1.807) is 0 Å². The molecule has 1 atom stereocenters. The van der Waals surface area contributed by atoms with Crippen LogP contribution in [-0.4, -0.2) is 9.55 Å². The highest BCUT2D eigenvalue weighted by Gasteiger charge is 2.24. The fraction of sp³-hybridized carbons (Fsp3) is 0.0556. The van der Waals surface area contributed by atoms with Crippen LogP contribution in [0, 0.1) is 5.92 Å². The minimum Gasteiger partial charge on any atom is -0.293 e. The van der Waals surface area contributed by atoms with E-state index >= 15 is 0 Å². The number of imidazole rings is 1. The summed E-state index contributed by atoms with van der Waals surface area (Å²) in [6, 6.07) is 66.5. The van der Waals surface area contributed by atoms with Crippen molar-refractivity contribution < 1.29 is 0 Å². The van der Waals surface area contributed by atoms with Crippen molar-refractivity contribution in [1.29, 1.82) is 0 Å². The molecular formula is C54H38N2. The summed E-state index contributed by atoms with van der Waals surface area (Å²) in [5, 5.41) is 10.1. The van der Waals surface area contributed by atoms with Crippen LogP contribution < -0.4 is 0 Å². The van der Waals surface area contributed by atoms with Gasteiger partial charge in [-0.3, -0.25) is 4.57 Å². The standard InChI is InChI=1S/C54H38N2/c1-35-31-43(54-55-50-21-11-12-22-51(50)56(54)44-17-3-2-4-18-44)28-29-45(35)40-27-30-48-49(34-40)53(42-26-24-37-14-6-8-16-39(37)33-42)47-20-10-9-19-46(47)52(48)41-25-23-36-13-5-7-15-38(36)32-41/h2-30,32-35H,31H2,1H3. The maximum Gasteiger partial charge on any atom is 0.141 e. The van der Waals surface area contributed by atoms with Crippen molar-refractivity contribution in [2.45, 2.75) is 13.3 Å². The summed E-state index contributed by atoms with van der Waals surface area (Å²) in [4.78, 5) is 5.20. The highest BCUT2D eigenvalue weighted by atomic mass is 15.1. The lowest BCUT2D eigenvalue weighted by Gasteiger charge is -2.24. The van der Waals surface area contributed by atoms with Gasteiger partial charge in [0.2, 0.25) is 0 Å². The Balaban J connectivity index is 1.13. The van der Waals surface area contributed by atoms with Crippen LogP contribution in [0.3, 0.4) is 0 Å². The van der Waals surface area contributed by atoms with Crippen LogP contribution in [0.5, 0.6) is 0 Å². The normalized spacial score (nSPS) is 14.5. The molecule has 0 saturated carbocycles. The lowest BCUT2D eigenvalue weighted by Crippen LogP contribution is -2.08. The molecule has 0 radical (unpaired) electrons. The summed E-state index contributed by atoms with van der Waals surface area (Å²) in [6.07, 6.45) is 5.56. The Labute approximate surface area is 326 Å². The Morgan fingerprint density at radius 2 is 1.02 bits per heavy atom. The van der Waals surface area contributed by atoms with Crippen molar-refractivity contribution in [3.05, 3.63) is 206 Å². The first-order chi connectivity index (χ1) is 27.7. The molecule has 0 bridgehead atoms. The zero-order valence-electron chi connectivity index (χ0n) is 31.2. The summed E-state index contributed by atoms with van der Waals surface area (Å²) in [6.45, 7) is 2.36. The highest BCUT2D eigenvalue weighted by Crippen LogP contribution is 2.46. The molecule has 0 spiro atoms. The Morgan fingerprint density at radius 1 is 0.464 bits per heavy atom. The molecule has 9 aromatic carbocycles. The van der Waals surface area contributed by atoms with E-state index in [0.29, 0.717) is 5.92 Å². The van der Waals surface area contributed by atoms with Crippen LogP contribution in [0.4, 0.5) is 0 Å². The van der Waals surface area contributed by atoms with E-state index < -0.39 is 0 Å². The maximum absolute atomic E-state index is 5.20. The number of rotatable bonds is 5. The third kappa shape index (κ3) is 5.29. The minimum absolute atomic E-state index is 0.293. The predicted molar refractivity (Wildman–Crippen MR) is 238 cm³/mol. The molecular weight excluding hydrogens is 677 g/mol. The molecule has 1 aromatic heterocycles. The fourth-order valence-electron chi connectivity index (χ4n) is 9.16. The molecule has 0 N–H and O–H groups in total. The molecule has 2 heteroatoms. The fourth-order valence-corrected chi connectivity index (χ4v) is 9.16. The van der Waals surface area contributed by atoms with Gasteiger partial charge in [0, 0.05) is 5.69 Å². The number of hydrogen-bond donors (Lipinski definition) is 0. The molecule has 1 aliphatic rings. The van der Waals surface area contributed by atoms with Gasteiger partial charge in [-0.15, -0.1) is 0 Å². The zero-order chi connectivity index (χ0) is 37.2. The maximum atomic E-state index is 5.20. The van der Waals surface area contributed by atoms with Gasteiger partial charge in [0.05, 0.1) is 11.0 Å². The average molecular weight is 715 g/mol. The Kier molecular flexibility index (Phi) is 7.57. The highest BCUT2D eigenvalue weighted by molar-refractivity contribution is 6.22.